The number of anilines is 2. The fourth-order valence-corrected chi connectivity index (χ4v) is 5.74. The van der Waals surface area contributed by atoms with Gasteiger partial charge in [0.05, 0.1) is 18.1 Å². The van der Waals surface area contributed by atoms with E-state index in [4.69, 9.17) is 5.11 Å². The van der Waals surface area contributed by atoms with Crippen molar-refractivity contribution in [1.82, 2.24) is 25.1 Å². The maximum absolute atomic E-state index is 12.9. The van der Waals surface area contributed by atoms with E-state index < -0.39 is 0 Å². The maximum atomic E-state index is 12.9. The van der Waals surface area contributed by atoms with Crippen LogP contribution in [0.4, 0.5) is 11.6 Å². The summed E-state index contributed by atoms with van der Waals surface area (Å²) in [5.74, 6) is 2.18. The molecule has 2 aromatic heterocycles. The summed E-state index contributed by atoms with van der Waals surface area (Å²) in [4.78, 5) is 28.5. The van der Waals surface area contributed by atoms with Crippen molar-refractivity contribution >= 4 is 17.5 Å². The zero-order chi connectivity index (χ0) is 27.4. The van der Waals surface area contributed by atoms with Crippen molar-refractivity contribution in [1.29, 1.82) is 0 Å². The molecule has 206 valence electrons. The maximum Gasteiger partial charge on any atom is 0.274 e. The van der Waals surface area contributed by atoms with Crippen LogP contribution in [0.5, 0.6) is 0 Å². The molecule has 0 unspecified atom stereocenters. The van der Waals surface area contributed by atoms with E-state index in [9.17, 15) is 4.79 Å². The summed E-state index contributed by atoms with van der Waals surface area (Å²) in [6.07, 6.45) is 6.79. The molecule has 2 saturated heterocycles. The van der Waals surface area contributed by atoms with Crippen molar-refractivity contribution < 1.29 is 9.90 Å². The number of hydrogen-bond acceptors (Lipinski definition) is 8. The van der Waals surface area contributed by atoms with Crippen LogP contribution in [-0.2, 0) is 6.42 Å². The molecule has 1 aromatic carbocycles. The highest BCUT2D eigenvalue weighted by Crippen LogP contribution is 2.27. The van der Waals surface area contributed by atoms with E-state index in [1.165, 1.54) is 16.7 Å². The van der Waals surface area contributed by atoms with Crippen molar-refractivity contribution in [2.75, 3.05) is 49.1 Å². The first-order valence-electron chi connectivity index (χ1n) is 14.0. The Bertz CT molecular complexity index is 1260. The molecule has 9 heteroatoms. The average molecular weight is 530 g/mol. The van der Waals surface area contributed by atoms with Crippen molar-refractivity contribution in [3.05, 3.63) is 70.8 Å². The van der Waals surface area contributed by atoms with Crippen molar-refractivity contribution in [2.24, 2.45) is 5.92 Å². The number of rotatable bonds is 7. The molecule has 0 radical (unpaired) electrons. The Labute approximate surface area is 230 Å². The standard InChI is InChI=1S/C30H39N7O2/c1-21-20-36(29-23(3)22(2)26(33-34-29)17-25-7-5-4-6-8-25)14-15-37(21)28-19-31-27(18-32-28)30(39)35-12-9-24(10-13-35)11-16-38/h4-8,18-19,21,24,38H,9-17,20H2,1-3H3/t21-/m1/s1. The fourth-order valence-electron chi connectivity index (χ4n) is 5.74. The fraction of sp³-hybridized carbons (Fsp3) is 0.500. The predicted molar refractivity (Wildman–Crippen MR) is 152 cm³/mol. The molecule has 9 nitrogen and oxygen atoms in total. The molecule has 3 aromatic rings. The number of hydrogen-bond donors (Lipinski definition) is 1. The number of piperidine rings is 1. The Hall–Kier alpha value is -3.59. The van der Waals surface area contributed by atoms with E-state index in [1.54, 1.807) is 12.4 Å². The van der Waals surface area contributed by atoms with Crippen LogP contribution >= 0.6 is 0 Å². The largest absolute Gasteiger partial charge is 0.396 e. The van der Waals surface area contributed by atoms with Gasteiger partial charge in [-0.15, -0.1) is 5.10 Å². The van der Waals surface area contributed by atoms with E-state index in [2.05, 4.69) is 75.0 Å². The Morgan fingerprint density at radius 3 is 2.41 bits per heavy atom. The first-order chi connectivity index (χ1) is 18.9. The number of aliphatic hydroxyl groups is 1. The third-order valence-corrected chi connectivity index (χ3v) is 8.33. The van der Waals surface area contributed by atoms with Crippen LogP contribution in [-0.4, -0.2) is 81.5 Å². The second kappa shape index (κ2) is 12.1. The van der Waals surface area contributed by atoms with Gasteiger partial charge in [-0.25, -0.2) is 9.97 Å². The van der Waals surface area contributed by atoms with Gasteiger partial charge in [-0.2, -0.15) is 5.10 Å². The van der Waals surface area contributed by atoms with Crippen LogP contribution in [0, 0.1) is 19.8 Å². The van der Waals surface area contributed by atoms with E-state index in [1.807, 2.05) is 11.0 Å². The molecule has 0 saturated carbocycles. The van der Waals surface area contributed by atoms with Crippen molar-refractivity contribution in [3.63, 3.8) is 0 Å². The molecular formula is C30H39N7O2. The van der Waals surface area contributed by atoms with Crippen LogP contribution in [0.1, 0.15) is 59.1 Å². The van der Waals surface area contributed by atoms with Gasteiger partial charge in [-0.05, 0) is 62.6 Å². The number of aliphatic hydroxyl groups excluding tert-OH is 1. The second-order valence-corrected chi connectivity index (χ2v) is 10.9. The molecule has 39 heavy (non-hydrogen) atoms. The van der Waals surface area contributed by atoms with E-state index >= 15 is 0 Å². The van der Waals surface area contributed by atoms with Gasteiger partial charge in [-0.3, -0.25) is 4.79 Å². The molecule has 0 spiro atoms. The molecule has 1 atom stereocenters. The predicted octanol–water partition coefficient (Wildman–Crippen LogP) is 3.42. The normalized spacial score (nSPS) is 18.5. The molecule has 4 heterocycles. The van der Waals surface area contributed by atoms with Crippen molar-refractivity contribution in [2.45, 2.75) is 52.5 Å². The molecule has 0 aliphatic carbocycles. The number of carbonyl (C=O) groups is 1. The Morgan fingerprint density at radius 2 is 1.74 bits per heavy atom. The summed E-state index contributed by atoms with van der Waals surface area (Å²) >= 11 is 0. The summed E-state index contributed by atoms with van der Waals surface area (Å²) in [7, 11) is 0. The molecule has 2 fully saturated rings. The SMILES string of the molecule is Cc1c(Cc2ccccc2)nnc(N2CCN(c3cnc(C(=O)N4CCC(CCO)CC4)cn3)[C@H](C)C2)c1C. The van der Waals surface area contributed by atoms with Crippen LogP contribution < -0.4 is 9.80 Å². The summed E-state index contributed by atoms with van der Waals surface area (Å²) in [5, 5.41) is 18.4. The Morgan fingerprint density at radius 1 is 0.974 bits per heavy atom. The molecule has 0 bridgehead atoms. The number of carbonyl (C=O) groups excluding carboxylic acids is 1. The summed E-state index contributed by atoms with van der Waals surface area (Å²) in [5.41, 5.74) is 5.03. The van der Waals surface area contributed by atoms with Gasteiger partial charge < -0.3 is 19.8 Å². The molecule has 1 N–H and O–H groups in total. The monoisotopic (exact) mass is 529 g/mol. The molecular weight excluding hydrogens is 490 g/mol. The van der Waals surface area contributed by atoms with Crippen LogP contribution in [0.3, 0.4) is 0 Å². The van der Waals surface area contributed by atoms with Gasteiger partial charge in [-0.1, -0.05) is 30.3 Å². The number of nitrogens with zero attached hydrogens (tertiary/aromatic N) is 7. The van der Waals surface area contributed by atoms with Gasteiger partial charge in [0.1, 0.15) is 11.5 Å². The van der Waals surface area contributed by atoms with E-state index in [-0.39, 0.29) is 18.6 Å². The van der Waals surface area contributed by atoms with Gasteiger partial charge in [0.2, 0.25) is 0 Å². The third kappa shape index (κ3) is 6.03. The summed E-state index contributed by atoms with van der Waals surface area (Å²) in [6, 6.07) is 10.6. The molecule has 2 aliphatic heterocycles. The minimum atomic E-state index is -0.0607. The number of benzene rings is 1. The Kier molecular flexibility index (Phi) is 8.35. The van der Waals surface area contributed by atoms with Crippen LogP contribution in [0.15, 0.2) is 42.7 Å². The summed E-state index contributed by atoms with van der Waals surface area (Å²) < 4.78 is 0. The quantitative estimate of drug-likeness (QED) is 0.497. The number of aromatic nitrogens is 4. The lowest BCUT2D eigenvalue weighted by atomic mass is 9.94. The number of piperazine rings is 1. The van der Waals surface area contributed by atoms with Gasteiger partial charge in [0.25, 0.3) is 5.91 Å². The lowest BCUT2D eigenvalue weighted by Crippen LogP contribution is -2.53. The zero-order valence-electron chi connectivity index (χ0n) is 23.3. The molecule has 2 aliphatic rings. The molecule has 5 rings (SSSR count). The smallest absolute Gasteiger partial charge is 0.274 e. The lowest BCUT2D eigenvalue weighted by Gasteiger charge is -2.41. The van der Waals surface area contributed by atoms with E-state index in [0.717, 1.165) is 62.6 Å². The highest BCUT2D eigenvalue weighted by atomic mass is 16.3. The second-order valence-electron chi connectivity index (χ2n) is 10.9. The minimum absolute atomic E-state index is 0.0607. The Balaban J connectivity index is 1.20. The van der Waals surface area contributed by atoms with Gasteiger partial charge in [0, 0.05) is 51.8 Å². The zero-order valence-corrected chi connectivity index (χ0v) is 23.3. The van der Waals surface area contributed by atoms with Crippen molar-refractivity contribution in [3.8, 4) is 0 Å². The van der Waals surface area contributed by atoms with Crippen LogP contribution in [0.2, 0.25) is 0 Å². The number of amides is 1. The topological polar surface area (TPSA) is 98.6 Å². The van der Waals surface area contributed by atoms with Gasteiger partial charge >= 0.3 is 0 Å². The first-order valence-corrected chi connectivity index (χ1v) is 14.0. The minimum Gasteiger partial charge on any atom is -0.396 e. The van der Waals surface area contributed by atoms with Gasteiger partial charge in [0.15, 0.2) is 5.82 Å². The van der Waals surface area contributed by atoms with E-state index in [0.29, 0.717) is 24.7 Å². The highest BCUT2D eigenvalue weighted by molar-refractivity contribution is 5.92. The summed E-state index contributed by atoms with van der Waals surface area (Å²) in [6.45, 7) is 10.5. The number of likely N-dealkylation sites (tertiary alicyclic amines) is 1. The highest BCUT2D eigenvalue weighted by Gasteiger charge is 2.29. The van der Waals surface area contributed by atoms with Crippen LogP contribution in [0.25, 0.3) is 0 Å². The first kappa shape index (κ1) is 27.0. The lowest BCUT2D eigenvalue weighted by molar-refractivity contribution is 0.0671. The third-order valence-electron chi connectivity index (χ3n) is 8.33. The molecule has 1 amide bonds. The average Bonchev–Trinajstić information content (AvgIpc) is 2.96.